The minimum Gasteiger partial charge on any atom is -0.480 e. The zero-order chi connectivity index (χ0) is 15.3. The molecule has 4 heteroatoms. The average molecular weight is 296 g/mol. The number of benzene rings is 1. The molecule has 1 atom stereocenters. The van der Waals surface area contributed by atoms with Gasteiger partial charge in [-0.1, -0.05) is 18.5 Å². The van der Waals surface area contributed by atoms with E-state index in [9.17, 15) is 9.90 Å². The van der Waals surface area contributed by atoms with Crippen molar-refractivity contribution in [2.24, 2.45) is 0 Å². The molecule has 20 heavy (non-hydrogen) atoms. The molecule has 1 aliphatic heterocycles. The van der Waals surface area contributed by atoms with Crippen LogP contribution in [0.3, 0.4) is 0 Å². The predicted molar refractivity (Wildman–Crippen MR) is 82.8 cm³/mol. The van der Waals surface area contributed by atoms with E-state index in [0.717, 1.165) is 17.7 Å². The summed E-state index contributed by atoms with van der Waals surface area (Å²) < 4.78 is 0. The van der Waals surface area contributed by atoms with Crippen LogP contribution in [0.2, 0.25) is 5.02 Å². The van der Waals surface area contributed by atoms with Crippen LogP contribution in [0.5, 0.6) is 0 Å². The molecular weight excluding hydrogens is 274 g/mol. The highest BCUT2D eigenvalue weighted by atomic mass is 35.5. The molecule has 0 aliphatic carbocycles. The Bertz CT molecular complexity index is 551. The molecule has 0 saturated heterocycles. The number of rotatable bonds is 2. The van der Waals surface area contributed by atoms with Gasteiger partial charge < -0.3 is 10.0 Å². The van der Waals surface area contributed by atoms with E-state index >= 15 is 0 Å². The predicted octanol–water partition coefficient (Wildman–Crippen LogP) is 4.30. The maximum Gasteiger partial charge on any atom is 0.328 e. The van der Waals surface area contributed by atoms with Gasteiger partial charge in [-0.15, -0.1) is 0 Å². The second-order valence-electron chi connectivity index (χ2n) is 6.82. The van der Waals surface area contributed by atoms with Crippen molar-refractivity contribution < 1.29 is 9.90 Å². The van der Waals surface area contributed by atoms with Crippen LogP contribution in [0.15, 0.2) is 18.2 Å². The quantitative estimate of drug-likeness (QED) is 0.884. The Morgan fingerprint density at radius 2 is 2.05 bits per heavy atom. The Labute approximate surface area is 125 Å². The summed E-state index contributed by atoms with van der Waals surface area (Å²) in [5, 5.41) is 10.3. The van der Waals surface area contributed by atoms with Crippen molar-refractivity contribution in [1.29, 1.82) is 0 Å². The highest BCUT2D eigenvalue weighted by Gasteiger charge is 2.47. The monoisotopic (exact) mass is 295 g/mol. The summed E-state index contributed by atoms with van der Waals surface area (Å²) >= 11 is 6.10. The van der Waals surface area contributed by atoms with Crippen molar-refractivity contribution in [3.63, 3.8) is 0 Å². The number of fused-ring (bicyclic) bond motifs is 1. The first-order chi connectivity index (χ1) is 9.07. The van der Waals surface area contributed by atoms with E-state index in [4.69, 9.17) is 11.6 Å². The smallest absolute Gasteiger partial charge is 0.328 e. The highest BCUT2D eigenvalue weighted by molar-refractivity contribution is 6.30. The Kier molecular flexibility index (Phi) is 3.53. The van der Waals surface area contributed by atoms with E-state index in [1.807, 2.05) is 23.1 Å². The largest absolute Gasteiger partial charge is 0.480 e. The van der Waals surface area contributed by atoms with Crippen molar-refractivity contribution in [2.75, 3.05) is 4.90 Å². The normalized spacial score (nSPS) is 21.5. The molecule has 0 amide bonds. The van der Waals surface area contributed by atoms with Crippen molar-refractivity contribution in [1.82, 2.24) is 0 Å². The fourth-order valence-electron chi connectivity index (χ4n) is 3.55. The molecule has 0 radical (unpaired) electrons. The van der Waals surface area contributed by atoms with Gasteiger partial charge in [-0.05, 0) is 63.8 Å². The fraction of sp³-hybridized carbons (Fsp3) is 0.562. The van der Waals surface area contributed by atoms with Gasteiger partial charge in [-0.3, -0.25) is 0 Å². The van der Waals surface area contributed by atoms with Gasteiger partial charge in [-0.2, -0.15) is 0 Å². The van der Waals surface area contributed by atoms with Gasteiger partial charge in [0, 0.05) is 16.2 Å². The number of anilines is 1. The number of hydrogen-bond acceptors (Lipinski definition) is 2. The Morgan fingerprint density at radius 3 is 2.60 bits per heavy atom. The molecule has 0 unspecified atom stereocenters. The summed E-state index contributed by atoms with van der Waals surface area (Å²) in [5.74, 6) is -0.458. The van der Waals surface area contributed by atoms with Crippen molar-refractivity contribution in [3.8, 4) is 0 Å². The van der Waals surface area contributed by atoms with Crippen molar-refractivity contribution >= 4 is 23.3 Å². The molecule has 0 bridgehead atoms. The molecule has 0 saturated carbocycles. The topological polar surface area (TPSA) is 40.5 Å². The minimum atomic E-state index is -0.966. The van der Waals surface area contributed by atoms with Crippen LogP contribution >= 0.6 is 11.6 Å². The molecule has 0 aromatic heterocycles. The molecule has 2 rings (SSSR count). The van der Waals surface area contributed by atoms with Gasteiger partial charge in [0.2, 0.25) is 0 Å². The van der Waals surface area contributed by atoms with Crippen molar-refractivity contribution in [2.45, 2.75) is 58.0 Å². The average Bonchev–Trinajstić information content (AvgIpc) is 2.28. The van der Waals surface area contributed by atoms with E-state index in [-0.39, 0.29) is 5.54 Å². The number of hydrogen-bond donors (Lipinski definition) is 1. The number of halogens is 1. The van der Waals surface area contributed by atoms with E-state index in [1.165, 1.54) is 0 Å². The van der Waals surface area contributed by atoms with Gasteiger partial charge in [0.15, 0.2) is 0 Å². The Morgan fingerprint density at radius 1 is 1.45 bits per heavy atom. The number of carbonyl (C=O) groups is 1. The summed E-state index contributed by atoms with van der Waals surface area (Å²) in [6, 6.07) is 5.74. The molecular formula is C16H22ClNO2. The second-order valence-corrected chi connectivity index (χ2v) is 7.26. The third-order valence-electron chi connectivity index (χ3n) is 4.25. The lowest BCUT2D eigenvalue weighted by molar-refractivity contribution is -0.142. The van der Waals surface area contributed by atoms with Crippen LogP contribution in [-0.2, 0) is 4.79 Å². The zero-order valence-corrected chi connectivity index (χ0v) is 13.5. The van der Waals surface area contributed by atoms with Gasteiger partial charge in [0.1, 0.15) is 5.54 Å². The molecule has 0 fully saturated rings. The third-order valence-corrected chi connectivity index (χ3v) is 4.49. The number of aliphatic carboxylic acids is 1. The Balaban J connectivity index is 2.66. The molecule has 110 valence electrons. The van der Waals surface area contributed by atoms with E-state index < -0.39 is 11.5 Å². The number of carboxylic acid groups (broad SMARTS) is 1. The molecule has 3 nitrogen and oxygen atoms in total. The fourth-order valence-corrected chi connectivity index (χ4v) is 3.73. The van der Waals surface area contributed by atoms with Gasteiger partial charge in [-0.25, -0.2) is 4.79 Å². The summed E-state index contributed by atoms with van der Waals surface area (Å²) in [6.45, 7) is 9.89. The third kappa shape index (κ3) is 2.28. The Hall–Kier alpha value is -1.22. The first kappa shape index (κ1) is 15.2. The maximum atomic E-state index is 11.7. The summed E-state index contributed by atoms with van der Waals surface area (Å²) in [5.41, 5.74) is 0.922. The van der Waals surface area contributed by atoms with Gasteiger partial charge >= 0.3 is 5.97 Å². The summed E-state index contributed by atoms with van der Waals surface area (Å²) in [4.78, 5) is 13.7. The van der Waals surface area contributed by atoms with Crippen molar-refractivity contribution in [3.05, 3.63) is 28.8 Å². The molecule has 1 aromatic rings. The minimum absolute atomic E-state index is 0.220. The lowest BCUT2D eigenvalue weighted by atomic mass is 9.77. The SMILES string of the molecule is C[C@@H]1CC(C)(C)N(C(C)(C)C(=O)O)c2ccc(Cl)cc21. The van der Waals surface area contributed by atoms with Crippen LogP contribution in [0.4, 0.5) is 5.69 Å². The lowest BCUT2D eigenvalue weighted by Crippen LogP contribution is -2.61. The molecule has 1 N–H and O–H groups in total. The number of nitrogens with zero attached hydrogens (tertiary/aromatic N) is 1. The van der Waals surface area contributed by atoms with E-state index in [1.54, 1.807) is 13.8 Å². The maximum absolute atomic E-state index is 11.7. The van der Waals surface area contributed by atoms with Crippen LogP contribution in [0.25, 0.3) is 0 Å². The van der Waals surface area contributed by atoms with Crippen LogP contribution < -0.4 is 4.90 Å². The summed E-state index contributed by atoms with van der Waals surface area (Å²) in [6.07, 6.45) is 0.900. The van der Waals surface area contributed by atoms with Gasteiger partial charge in [0.25, 0.3) is 0 Å². The molecule has 1 aromatic carbocycles. The molecule has 1 heterocycles. The molecule has 0 spiro atoms. The first-order valence-corrected chi connectivity index (χ1v) is 7.28. The van der Waals surface area contributed by atoms with Gasteiger partial charge in [0.05, 0.1) is 0 Å². The van der Waals surface area contributed by atoms with E-state index in [0.29, 0.717) is 10.9 Å². The first-order valence-electron chi connectivity index (χ1n) is 6.90. The zero-order valence-electron chi connectivity index (χ0n) is 12.7. The molecule has 1 aliphatic rings. The van der Waals surface area contributed by atoms with Crippen LogP contribution in [-0.4, -0.2) is 22.2 Å². The summed E-state index contributed by atoms with van der Waals surface area (Å²) in [7, 11) is 0. The van der Waals surface area contributed by atoms with Crippen LogP contribution in [0.1, 0.15) is 52.5 Å². The lowest BCUT2D eigenvalue weighted by Gasteiger charge is -2.53. The van der Waals surface area contributed by atoms with E-state index in [2.05, 4.69) is 20.8 Å². The highest BCUT2D eigenvalue weighted by Crippen LogP contribution is 2.47. The standard InChI is InChI=1S/C16H22ClNO2/c1-10-9-15(2,3)18(16(4,5)14(19)20)13-7-6-11(17)8-12(10)13/h6-8,10H,9H2,1-5H3,(H,19,20)/t10-/m1/s1. The van der Waals surface area contributed by atoms with Crippen LogP contribution in [0, 0.1) is 0 Å². The number of carboxylic acids is 1. The second kappa shape index (κ2) is 4.66.